The standard InChI is InChI=1S/C19H15BrCl2N2O2/c1-24(2)19(25)14(10-23)7-13-8-16(20)18(17(22)9-13)26-11-12-3-5-15(21)6-4-12/h3-9H,11H2,1-2H3/b14-7-. The van der Waals surface area contributed by atoms with Crippen molar-refractivity contribution in [2.45, 2.75) is 6.61 Å². The van der Waals surface area contributed by atoms with E-state index in [1.807, 2.05) is 18.2 Å². The molecule has 0 aliphatic rings. The predicted octanol–water partition coefficient (Wildman–Crippen LogP) is 5.33. The average Bonchev–Trinajstić information content (AvgIpc) is 2.59. The topological polar surface area (TPSA) is 53.3 Å². The summed E-state index contributed by atoms with van der Waals surface area (Å²) in [5, 5.41) is 10.2. The quantitative estimate of drug-likeness (QED) is 0.454. The number of nitrogens with zero attached hydrogens (tertiary/aromatic N) is 2. The van der Waals surface area contributed by atoms with Crippen molar-refractivity contribution in [1.29, 1.82) is 5.26 Å². The molecular weight excluding hydrogens is 439 g/mol. The molecule has 2 aromatic carbocycles. The summed E-state index contributed by atoms with van der Waals surface area (Å²) in [5.74, 6) is 0.110. The van der Waals surface area contributed by atoms with E-state index >= 15 is 0 Å². The van der Waals surface area contributed by atoms with Gasteiger partial charge in [0.05, 0.1) is 9.50 Å². The molecule has 0 radical (unpaired) electrons. The van der Waals surface area contributed by atoms with Gasteiger partial charge in [-0.3, -0.25) is 4.79 Å². The normalized spacial score (nSPS) is 11.0. The van der Waals surface area contributed by atoms with E-state index in [2.05, 4.69) is 15.9 Å². The van der Waals surface area contributed by atoms with Crippen molar-refractivity contribution in [2.24, 2.45) is 0 Å². The maximum absolute atomic E-state index is 12.0. The molecule has 0 saturated carbocycles. The predicted molar refractivity (Wildman–Crippen MR) is 107 cm³/mol. The molecular formula is C19H15BrCl2N2O2. The molecule has 0 spiro atoms. The minimum absolute atomic E-state index is 0.0211. The molecule has 0 heterocycles. The zero-order valence-corrected chi connectivity index (χ0v) is 17.2. The Bertz CT molecular complexity index is 864. The Labute approximate surface area is 170 Å². The number of nitriles is 1. The van der Waals surface area contributed by atoms with Gasteiger partial charge < -0.3 is 9.64 Å². The van der Waals surface area contributed by atoms with Crippen molar-refractivity contribution in [3.63, 3.8) is 0 Å². The van der Waals surface area contributed by atoms with Crippen LogP contribution in [0.3, 0.4) is 0 Å². The lowest BCUT2D eigenvalue weighted by atomic mass is 10.1. The number of halogens is 3. The largest absolute Gasteiger partial charge is 0.486 e. The van der Waals surface area contributed by atoms with Gasteiger partial charge in [0, 0.05) is 19.1 Å². The Hall–Kier alpha value is -2.00. The van der Waals surface area contributed by atoms with E-state index in [0.717, 1.165) is 5.56 Å². The molecule has 26 heavy (non-hydrogen) atoms. The lowest BCUT2D eigenvalue weighted by Crippen LogP contribution is -2.22. The minimum Gasteiger partial charge on any atom is -0.486 e. The Balaban J connectivity index is 2.23. The van der Waals surface area contributed by atoms with Crippen molar-refractivity contribution >= 4 is 51.1 Å². The van der Waals surface area contributed by atoms with Crippen LogP contribution in [0, 0.1) is 11.3 Å². The number of amides is 1. The molecule has 0 saturated heterocycles. The number of hydrogen-bond donors (Lipinski definition) is 0. The van der Waals surface area contributed by atoms with Gasteiger partial charge in [0.2, 0.25) is 0 Å². The summed E-state index contributed by atoms with van der Waals surface area (Å²) in [4.78, 5) is 13.3. The SMILES string of the molecule is CN(C)C(=O)/C(C#N)=C\c1cc(Cl)c(OCc2ccc(Cl)cc2)c(Br)c1. The van der Waals surface area contributed by atoms with Gasteiger partial charge in [0.1, 0.15) is 18.2 Å². The number of carbonyl (C=O) groups excluding carboxylic acids is 1. The van der Waals surface area contributed by atoms with E-state index in [9.17, 15) is 10.1 Å². The van der Waals surface area contributed by atoms with Crippen molar-refractivity contribution in [2.75, 3.05) is 14.1 Å². The second-order valence-electron chi connectivity index (χ2n) is 5.60. The van der Waals surface area contributed by atoms with Crippen LogP contribution in [-0.2, 0) is 11.4 Å². The van der Waals surface area contributed by atoms with Crippen molar-refractivity contribution in [3.8, 4) is 11.8 Å². The molecule has 7 heteroatoms. The van der Waals surface area contributed by atoms with Crippen LogP contribution < -0.4 is 4.74 Å². The van der Waals surface area contributed by atoms with Gasteiger partial charge in [-0.1, -0.05) is 35.3 Å². The average molecular weight is 454 g/mol. The number of carbonyl (C=O) groups is 1. The van der Waals surface area contributed by atoms with Gasteiger partial charge in [-0.05, 0) is 57.4 Å². The third-order valence-electron chi connectivity index (χ3n) is 3.39. The van der Waals surface area contributed by atoms with Crippen LogP contribution in [0.1, 0.15) is 11.1 Å². The highest BCUT2D eigenvalue weighted by Gasteiger charge is 2.13. The van der Waals surface area contributed by atoms with Crippen LogP contribution in [0.4, 0.5) is 0 Å². The number of likely N-dealkylation sites (N-methyl/N-ethyl adjacent to an activating group) is 1. The Morgan fingerprint density at radius 3 is 2.46 bits per heavy atom. The van der Waals surface area contributed by atoms with Gasteiger partial charge in [-0.25, -0.2) is 0 Å². The molecule has 0 aromatic heterocycles. The van der Waals surface area contributed by atoms with Crippen LogP contribution in [-0.4, -0.2) is 24.9 Å². The van der Waals surface area contributed by atoms with Gasteiger partial charge in [-0.2, -0.15) is 5.26 Å². The summed E-state index contributed by atoms with van der Waals surface area (Å²) in [6, 6.07) is 12.6. The first kappa shape index (κ1) is 20.3. The summed E-state index contributed by atoms with van der Waals surface area (Å²) in [6.07, 6.45) is 1.49. The summed E-state index contributed by atoms with van der Waals surface area (Å²) in [7, 11) is 3.17. The van der Waals surface area contributed by atoms with Gasteiger partial charge in [0.15, 0.2) is 5.75 Å². The fourth-order valence-corrected chi connectivity index (χ4v) is 3.20. The van der Waals surface area contributed by atoms with E-state index in [1.54, 1.807) is 38.4 Å². The molecule has 134 valence electrons. The lowest BCUT2D eigenvalue weighted by molar-refractivity contribution is -0.124. The van der Waals surface area contributed by atoms with Crippen LogP contribution in [0.5, 0.6) is 5.75 Å². The number of rotatable bonds is 5. The molecule has 0 unspecified atom stereocenters. The summed E-state index contributed by atoms with van der Waals surface area (Å²) >= 11 is 15.6. The monoisotopic (exact) mass is 452 g/mol. The highest BCUT2D eigenvalue weighted by atomic mass is 79.9. The third kappa shape index (κ3) is 5.25. The molecule has 2 rings (SSSR count). The molecule has 0 atom stereocenters. The van der Waals surface area contributed by atoms with Crippen molar-refractivity contribution in [1.82, 2.24) is 4.90 Å². The molecule has 0 aliphatic carbocycles. The molecule has 0 aliphatic heterocycles. The molecule has 0 N–H and O–H groups in total. The van der Waals surface area contributed by atoms with E-state index in [4.69, 9.17) is 27.9 Å². The van der Waals surface area contributed by atoms with Crippen LogP contribution in [0.25, 0.3) is 6.08 Å². The highest BCUT2D eigenvalue weighted by molar-refractivity contribution is 9.10. The van der Waals surface area contributed by atoms with E-state index in [-0.39, 0.29) is 11.5 Å². The van der Waals surface area contributed by atoms with Gasteiger partial charge in [-0.15, -0.1) is 0 Å². The van der Waals surface area contributed by atoms with Crippen molar-refractivity contribution in [3.05, 3.63) is 67.6 Å². The van der Waals surface area contributed by atoms with E-state index < -0.39 is 0 Å². The van der Waals surface area contributed by atoms with Gasteiger partial charge >= 0.3 is 0 Å². The molecule has 0 fully saturated rings. The molecule has 1 amide bonds. The van der Waals surface area contributed by atoms with Crippen LogP contribution >= 0.6 is 39.1 Å². The first-order valence-electron chi connectivity index (χ1n) is 7.51. The summed E-state index contributed by atoms with van der Waals surface area (Å²) in [6.45, 7) is 0.327. The van der Waals surface area contributed by atoms with Gasteiger partial charge in [0.25, 0.3) is 5.91 Å². The fourth-order valence-electron chi connectivity index (χ4n) is 2.09. The number of hydrogen-bond acceptors (Lipinski definition) is 3. The van der Waals surface area contributed by atoms with E-state index in [1.165, 1.54) is 11.0 Å². The number of benzene rings is 2. The number of ether oxygens (including phenoxy) is 1. The second-order valence-corrected chi connectivity index (χ2v) is 7.30. The molecule has 4 nitrogen and oxygen atoms in total. The summed E-state index contributed by atoms with van der Waals surface area (Å²) < 4.78 is 6.41. The highest BCUT2D eigenvalue weighted by Crippen LogP contribution is 2.35. The molecule has 0 bridgehead atoms. The third-order valence-corrected chi connectivity index (χ3v) is 4.51. The zero-order chi connectivity index (χ0) is 19.3. The Kier molecular flexibility index (Phi) is 7.10. The first-order chi connectivity index (χ1) is 12.3. The molecule has 2 aromatic rings. The van der Waals surface area contributed by atoms with Crippen LogP contribution in [0.2, 0.25) is 10.0 Å². The fraction of sp³-hybridized carbons (Fsp3) is 0.158. The first-order valence-corrected chi connectivity index (χ1v) is 9.06. The Morgan fingerprint density at radius 1 is 1.27 bits per heavy atom. The maximum atomic E-state index is 12.0. The smallest absolute Gasteiger partial charge is 0.264 e. The minimum atomic E-state index is -0.372. The van der Waals surface area contributed by atoms with Crippen molar-refractivity contribution < 1.29 is 9.53 Å². The summed E-state index contributed by atoms with van der Waals surface area (Å²) in [5.41, 5.74) is 1.59. The maximum Gasteiger partial charge on any atom is 0.264 e. The lowest BCUT2D eigenvalue weighted by Gasteiger charge is -2.12. The van der Waals surface area contributed by atoms with Crippen LogP contribution in [0.15, 0.2) is 46.4 Å². The second kappa shape index (κ2) is 9.09. The zero-order valence-electron chi connectivity index (χ0n) is 14.1. The van der Waals surface area contributed by atoms with E-state index in [0.29, 0.717) is 32.4 Å². The Morgan fingerprint density at radius 2 is 1.92 bits per heavy atom.